The second-order valence-electron chi connectivity index (χ2n) is 18.4. The molecule has 1 aliphatic heterocycles. The number of fused-ring (bicyclic) bond motifs is 1. The van der Waals surface area contributed by atoms with Crippen molar-refractivity contribution in [2.24, 2.45) is 55.1 Å². The number of nitrogens with two attached hydrogens (primary N) is 7. The van der Waals surface area contributed by atoms with E-state index < -0.39 is 101 Å². The van der Waals surface area contributed by atoms with E-state index in [9.17, 15) is 43.2 Å². The number of primary amides is 1. The minimum atomic E-state index is -1.41. The summed E-state index contributed by atoms with van der Waals surface area (Å²) >= 11 is 0. The predicted molar refractivity (Wildman–Crippen MR) is 303 cm³/mol. The highest BCUT2D eigenvalue weighted by molar-refractivity contribution is 8.76. The molecule has 1 aliphatic rings. The molecule has 1 saturated heterocycles. The lowest BCUT2D eigenvalue weighted by molar-refractivity contribution is -0.135. The van der Waals surface area contributed by atoms with Crippen LogP contribution in [0.2, 0.25) is 0 Å². The molecule has 0 aliphatic carbocycles. The third-order valence-electron chi connectivity index (χ3n) is 12.0. The van der Waals surface area contributed by atoms with E-state index in [2.05, 4.69) is 62.5 Å². The normalized spacial score (nSPS) is 21.5. The number of H-pyrrole nitrogens is 1. The zero-order chi connectivity index (χ0) is 58.0. The molecule has 0 spiro atoms. The van der Waals surface area contributed by atoms with Crippen LogP contribution in [0, 0.1) is 0 Å². The molecule has 28 nitrogen and oxygen atoms in total. The number of hydrogen-bond acceptors (Lipinski definition) is 14. The third kappa shape index (κ3) is 22.3. The number of aromatic nitrogens is 1. The fraction of sp³-hybridized carbons (Fsp3) is 0.469. The third-order valence-corrected chi connectivity index (χ3v) is 14.5. The molecule has 3 aromatic rings. The summed E-state index contributed by atoms with van der Waals surface area (Å²) in [4.78, 5) is 141. The van der Waals surface area contributed by atoms with Crippen molar-refractivity contribution in [3.8, 4) is 0 Å². The number of nitrogens with one attached hydrogen (secondary N) is 9. The fourth-order valence-electron chi connectivity index (χ4n) is 8.00. The molecule has 79 heavy (non-hydrogen) atoms. The number of benzene rings is 2. The molecule has 0 unspecified atom stereocenters. The van der Waals surface area contributed by atoms with E-state index in [4.69, 9.17) is 40.1 Å². The Labute approximate surface area is 464 Å². The number of carbonyl (C=O) groups is 9. The van der Waals surface area contributed by atoms with Crippen LogP contribution in [-0.2, 0) is 56.0 Å². The Hall–Kier alpha value is -8.28. The van der Waals surface area contributed by atoms with Crippen molar-refractivity contribution >= 4 is 104 Å². The van der Waals surface area contributed by atoms with E-state index in [-0.39, 0.29) is 100 Å². The Morgan fingerprint density at radius 2 is 1.11 bits per heavy atom. The summed E-state index contributed by atoms with van der Waals surface area (Å²) in [5, 5.41) is 22.1. The van der Waals surface area contributed by atoms with Crippen molar-refractivity contribution in [2.45, 2.75) is 114 Å². The first-order chi connectivity index (χ1) is 37.6. The SMILES string of the molecule is CC(=O)N[C@@H](CCCN=C(N)N)C(=O)N[C@H]1CSSC[C@@H](C(N)=O)NC(=O)[C@H](Cc2c[nH]c3ccccc23)NC(=O)[C@H](CCCN=C(N)N)NC(=O)[C@@H](Cc2ccccc2)NC(=O)[C@H](CCCN=C(N)N)NC(=O)[C@@H](C)NC1=O. The van der Waals surface area contributed by atoms with Gasteiger partial charge in [0.15, 0.2) is 17.9 Å². The second kappa shape index (κ2) is 32.5. The van der Waals surface area contributed by atoms with Gasteiger partial charge in [0, 0.05) is 68.0 Å². The van der Waals surface area contributed by atoms with Gasteiger partial charge in [-0.25, -0.2) is 0 Å². The zero-order valence-electron chi connectivity index (χ0n) is 44.0. The van der Waals surface area contributed by atoms with Gasteiger partial charge in [0.05, 0.1) is 0 Å². The van der Waals surface area contributed by atoms with Gasteiger partial charge in [-0.1, -0.05) is 70.1 Å². The molecule has 2 heterocycles. The number of para-hydroxylation sites is 1. The average Bonchev–Trinajstić information content (AvgIpc) is 3.91. The van der Waals surface area contributed by atoms with Gasteiger partial charge in [-0.3, -0.25) is 58.1 Å². The maximum atomic E-state index is 14.6. The Kier molecular flexibility index (Phi) is 26.0. The monoisotopic (exact) mass is 1140 g/mol. The first-order valence-corrected chi connectivity index (χ1v) is 27.8. The molecule has 2 aromatic carbocycles. The quantitative estimate of drug-likeness (QED) is 0.0221. The number of hydrogen-bond donors (Lipinski definition) is 16. The Bertz CT molecular complexity index is 2680. The van der Waals surface area contributed by atoms with Gasteiger partial charge in [-0.15, -0.1) is 0 Å². The number of carbonyl (C=O) groups excluding carboxylic acids is 9. The van der Waals surface area contributed by atoms with Crippen LogP contribution in [0.3, 0.4) is 0 Å². The van der Waals surface area contributed by atoms with Gasteiger partial charge in [-0.05, 0) is 62.6 Å². The van der Waals surface area contributed by atoms with Crippen molar-refractivity contribution < 1.29 is 43.2 Å². The van der Waals surface area contributed by atoms with E-state index >= 15 is 0 Å². The summed E-state index contributed by atoms with van der Waals surface area (Å²) in [7, 11) is 2.00. The molecule has 1 aromatic heterocycles. The van der Waals surface area contributed by atoms with Crippen LogP contribution in [-0.4, -0.2) is 156 Å². The van der Waals surface area contributed by atoms with Crippen molar-refractivity contribution in [2.75, 3.05) is 31.1 Å². The van der Waals surface area contributed by atoms with Gasteiger partial charge >= 0.3 is 0 Å². The largest absolute Gasteiger partial charge is 0.370 e. The lowest BCUT2D eigenvalue weighted by Crippen LogP contribution is -2.60. The molecule has 0 radical (unpaired) electrons. The Balaban J connectivity index is 1.80. The molecule has 9 amide bonds. The van der Waals surface area contributed by atoms with Crippen molar-refractivity contribution in [3.05, 3.63) is 71.9 Å². The first-order valence-electron chi connectivity index (χ1n) is 25.3. The standard InChI is InChI=1S/C49H73N19O9S2/c1-26-40(71)63-33(16-9-19-58-48(53)54)42(73)65-35(21-28-11-4-3-5-12-28)44(75)64-34(17-10-20-59-49(55)56)43(74)66-36(22-29-23-60-31-14-7-6-13-30(29)31)45(76)67-37(39(50)70)24-78-79-25-38(46(77)61-26)68-41(72)32(62-27(2)69)15-8-18-57-47(51)52/h3-7,11-14,23,26,32-38,60H,8-10,15-22,24-25H2,1-2H3,(H2,50,70)(H,61,77)(H,62,69)(H,63,71)(H,64,75)(H,65,73)(H,66,74)(H,67,76)(H,68,72)(H4,51,52,57)(H4,53,54,58)(H4,55,56,59)/t26-,32+,33+,34+,35-,36+,37+,38+/m1/s1. The minimum Gasteiger partial charge on any atom is -0.370 e. The first kappa shape index (κ1) is 63.3. The molecule has 4 rings (SSSR count). The van der Waals surface area contributed by atoms with Crippen LogP contribution in [0.15, 0.2) is 75.8 Å². The van der Waals surface area contributed by atoms with Crippen molar-refractivity contribution in [1.29, 1.82) is 0 Å². The van der Waals surface area contributed by atoms with Gasteiger partial charge in [-0.2, -0.15) is 0 Å². The van der Waals surface area contributed by atoms with E-state index in [0.29, 0.717) is 11.1 Å². The lowest BCUT2D eigenvalue weighted by Gasteiger charge is -2.27. The number of aromatic amines is 1. The second-order valence-corrected chi connectivity index (χ2v) is 21.0. The highest BCUT2D eigenvalue weighted by atomic mass is 33.1. The number of nitrogens with zero attached hydrogens (tertiary/aromatic N) is 3. The van der Waals surface area contributed by atoms with E-state index in [1.807, 2.05) is 18.2 Å². The van der Waals surface area contributed by atoms with Gasteiger partial charge in [0.1, 0.15) is 48.3 Å². The van der Waals surface area contributed by atoms with Crippen LogP contribution in [0.1, 0.15) is 63.5 Å². The molecule has 430 valence electrons. The number of aliphatic imine (C=N–C) groups is 3. The minimum absolute atomic E-state index is 0.0448. The molecule has 1 fully saturated rings. The Morgan fingerprint density at radius 1 is 0.608 bits per heavy atom. The molecule has 0 saturated carbocycles. The molecular weight excluding hydrogens is 1060 g/mol. The smallest absolute Gasteiger partial charge is 0.244 e. The van der Waals surface area contributed by atoms with E-state index in [1.54, 1.807) is 42.6 Å². The molecular formula is C49H73N19O9S2. The van der Waals surface area contributed by atoms with Crippen LogP contribution in [0.4, 0.5) is 0 Å². The Morgan fingerprint density at radius 3 is 1.70 bits per heavy atom. The maximum Gasteiger partial charge on any atom is 0.244 e. The van der Waals surface area contributed by atoms with Gasteiger partial charge in [0.2, 0.25) is 53.2 Å². The van der Waals surface area contributed by atoms with E-state index in [0.717, 1.165) is 32.5 Å². The molecule has 23 N–H and O–H groups in total. The van der Waals surface area contributed by atoms with Crippen LogP contribution >= 0.6 is 21.6 Å². The topological polar surface area (TPSA) is 485 Å². The zero-order valence-corrected chi connectivity index (χ0v) is 45.6. The number of guanidine groups is 3. The van der Waals surface area contributed by atoms with Gasteiger partial charge in [0.25, 0.3) is 0 Å². The summed E-state index contributed by atoms with van der Waals surface area (Å²) < 4.78 is 0. The highest BCUT2D eigenvalue weighted by Crippen LogP contribution is 2.24. The number of rotatable bonds is 20. The predicted octanol–water partition coefficient (Wildman–Crippen LogP) is -4.09. The van der Waals surface area contributed by atoms with Crippen molar-refractivity contribution in [3.63, 3.8) is 0 Å². The highest BCUT2D eigenvalue weighted by Gasteiger charge is 2.35. The summed E-state index contributed by atoms with van der Waals surface area (Å²) in [6, 6.07) is 5.08. The van der Waals surface area contributed by atoms with Crippen LogP contribution in [0.5, 0.6) is 0 Å². The summed E-state index contributed by atoms with van der Waals surface area (Å²) in [6.45, 7) is 2.76. The summed E-state index contributed by atoms with van der Waals surface area (Å²) in [6.07, 6.45) is 1.92. The van der Waals surface area contributed by atoms with Crippen molar-refractivity contribution in [1.82, 2.24) is 47.5 Å². The van der Waals surface area contributed by atoms with Crippen LogP contribution in [0.25, 0.3) is 10.9 Å². The summed E-state index contributed by atoms with van der Waals surface area (Å²) in [5.74, 6) is -8.27. The molecule has 30 heteroatoms. The lowest BCUT2D eigenvalue weighted by atomic mass is 10.0. The fourth-order valence-corrected chi connectivity index (χ4v) is 10.3. The number of amides is 9. The molecule has 8 atom stereocenters. The van der Waals surface area contributed by atoms with E-state index in [1.165, 1.54) is 13.8 Å². The average molecular weight is 1140 g/mol. The summed E-state index contributed by atoms with van der Waals surface area (Å²) in [5.41, 5.74) is 40.9. The maximum absolute atomic E-state index is 14.6. The van der Waals surface area contributed by atoms with Crippen LogP contribution < -0.4 is 82.7 Å². The van der Waals surface area contributed by atoms with Gasteiger partial charge < -0.3 is 87.7 Å². The molecule has 0 bridgehead atoms.